The quantitative estimate of drug-likeness (QED) is 0.713. The summed E-state index contributed by atoms with van der Waals surface area (Å²) < 4.78 is 0. The van der Waals surface area contributed by atoms with E-state index >= 15 is 0 Å². The van der Waals surface area contributed by atoms with Crippen LogP contribution in [0, 0.1) is 12.8 Å². The van der Waals surface area contributed by atoms with Crippen LogP contribution in [0.15, 0.2) is 42.6 Å². The lowest BCUT2D eigenvalue weighted by Crippen LogP contribution is -2.44. The molecule has 1 aromatic carbocycles. The van der Waals surface area contributed by atoms with Crippen LogP contribution in [0.2, 0.25) is 0 Å². The molecule has 2 heterocycles. The predicted octanol–water partition coefficient (Wildman–Crippen LogP) is 2.64. The number of aryl methyl sites for hydroxylation is 1. The number of carbonyl (C=O) groups excluding carboxylic acids is 1. The second kappa shape index (κ2) is 10.2. The highest BCUT2D eigenvalue weighted by molar-refractivity contribution is 5.79. The number of amides is 1. The van der Waals surface area contributed by atoms with Crippen molar-refractivity contribution in [2.24, 2.45) is 5.92 Å². The highest BCUT2D eigenvalue weighted by Crippen LogP contribution is 2.20. The molecular formula is C22H31N5O. The van der Waals surface area contributed by atoms with Crippen LogP contribution in [0.3, 0.4) is 0 Å². The number of rotatable bonds is 8. The first kappa shape index (κ1) is 20.3. The second-order valence-corrected chi connectivity index (χ2v) is 7.65. The molecule has 6 nitrogen and oxygen atoms in total. The van der Waals surface area contributed by atoms with Gasteiger partial charge in [0, 0.05) is 38.1 Å². The van der Waals surface area contributed by atoms with Crippen molar-refractivity contribution >= 4 is 11.9 Å². The summed E-state index contributed by atoms with van der Waals surface area (Å²) >= 11 is 0. The summed E-state index contributed by atoms with van der Waals surface area (Å²) in [6, 6.07) is 12.4. The van der Waals surface area contributed by atoms with Gasteiger partial charge in [0.1, 0.15) is 0 Å². The molecule has 0 aliphatic carbocycles. The van der Waals surface area contributed by atoms with E-state index in [0.29, 0.717) is 6.54 Å². The van der Waals surface area contributed by atoms with Gasteiger partial charge in [0.15, 0.2) is 0 Å². The van der Waals surface area contributed by atoms with E-state index in [2.05, 4.69) is 56.4 Å². The molecule has 150 valence electrons. The fraction of sp³-hybridized carbons (Fsp3) is 0.500. The summed E-state index contributed by atoms with van der Waals surface area (Å²) in [7, 11) is 2.12. The van der Waals surface area contributed by atoms with E-state index in [1.807, 2.05) is 19.1 Å². The van der Waals surface area contributed by atoms with Crippen LogP contribution < -0.4 is 10.2 Å². The molecule has 2 aromatic rings. The summed E-state index contributed by atoms with van der Waals surface area (Å²) in [6.45, 7) is 6.19. The highest BCUT2D eigenvalue weighted by Gasteiger charge is 2.26. The number of piperidine rings is 1. The predicted molar refractivity (Wildman–Crippen MR) is 112 cm³/mol. The number of hydrogen-bond donors (Lipinski definition) is 1. The zero-order valence-electron chi connectivity index (χ0n) is 17.0. The van der Waals surface area contributed by atoms with Crippen LogP contribution in [0.5, 0.6) is 0 Å². The molecule has 1 atom stereocenters. The molecule has 1 fully saturated rings. The Morgan fingerprint density at radius 1 is 1.29 bits per heavy atom. The van der Waals surface area contributed by atoms with E-state index < -0.39 is 0 Å². The Kier molecular flexibility index (Phi) is 7.37. The SMILES string of the molecule is Cc1ccnc(N2CCCC(C(=O)NCCCN(C)Cc3ccccc3)C2)n1. The average molecular weight is 382 g/mol. The maximum Gasteiger partial charge on any atom is 0.225 e. The smallest absolute Gasteiger partial charge is 0.225 e. The van der Waals surface area contributed by atoms with E-state index in [0.717, 1.165) is 57.1 Å². The standard InChI is InChI=1S/C22H31N5O/c1-18-11-13-24-22(25-18)27-15-6-10-20(17-27)21(28)23-12-7-14-26(2)16-19-8-4-3-5-9-19/h3-5,8-9,11,13,20H,6-7,10,12,14-17H2,1-2H3,(H,23,28). The Morgan fingerprint density at radius 3 is 2.89 bits per heavy atom. The number of anilines is 1. The first-order valence-electron chi connectivity index (χ1n) is 10.2. The summed E-state index contributed by atoms with van der Waals surface area (Å²) in [5.41, 5.74) is 2.27. The van der Waals surface area contributed by atoms with Gasteiger partial charge in [-0.05, 0) is 51.4 Å². The molecule has 1 aliphatic heterocycles. The normalized spacial score (nSPS) is 17.0. The average Bonchev–Trinajstić information content (AvgIpc) is 2.72. The molecule has 3 rings (SSSR count). The minimum Gasteiger partial charge on any atom is -0.356 e. The number of hydrogen-bond acceptors (Lipinski definition) is 5. The molecule has 6 heteroatoms. The highest BCUT2D eigenvalue weighted by atomic mass is 16.1. The van der Waals surface area contributed by atoms with Crippen LogP contribution in [0.25, 0.3) is 0 Å². The lowest BCUT2D eigenvalue weighted by atomic mass is 9.97. The minimum atomic E-state index is 0.0138. The molecule has 1 unspecified atom stereocenters. The van der Waals surface area contributed by atoms with E-state index in [4.69, 9.17) is 0 Å². The lowest BCUT2D eigenvalue weighted by molar-refractivity contribution is -0.125. The van der Waals surface area contributed by atoms with Crippen LogP contribution in [-0.4, -0.2) is 54.0 Å². The molecule has 1 amide bonds. The number of carbonyl (C=O) groups is 1. The van der Waals surface area contributed by atoms with E-state index in [9.17, 15) is 4.79 Å². The Labute approximate surface area is 168 Å². The topological polar surface area (TPSA) is 61.4 Å². The maximum absolute atomic E-state index is 12.6. The lowest BCUT2D eigenvalue weighted by Gasteiger charge is -2.32. The molecule has 1 N–H and O–H groups in total. The molecule has 1 aromatic heterocycles. The molecule has 0 spiro atoms. The van der Waals surface area contributed by atoms with Gasteiger partial charge in [-0.1, -0.05) is 30.3 Å². The Bertz CT molecular complexity index is 752. The molecule has 0 bridgehead atoms. The first-order chi connectivity index (χ1) is 13.6. The Balaban J connectivity index is 1.38. The van der Waals surface area contributed by atoms with Crippen molar-refractivity contribution in [3.05, 3.63) is 53.9 Å². The van der Waals surface area contributed by atoms with Crippen molar-refractivity contribution < 1.29 is 4.79 Å². The van der Waals surface area contributed by atoms with Gasteiger partial charge in [-0.3, -0.25) is 4.79 Å². The summed E-state index contributed by atoms with van der Waals surface area (Å²) in [6.07, 6.45) is 4.66. The summed E-state index contributed by atoms with van der Waals surface area (Å²) in [5.74, 6) is 0.906. The van der Waals surface area contributed by atoms with Crippen LogP contribution in [0.4, 0.5) is 5.95 Å². The van der Waals surface area contributed by atoms with Crippen molar-refractivity contribution in [3.8, 4) is 0 Å². The molecular weight excluding hydrogens is 350 g/mol. The van der Waals surface area contributed by atoms with Gasteiger partial charge in [-0.25, -0.2) is 9.97 Å². The molecule has 28 heavy (non-hydrogen) atoms. The number of nitrogens with one attached hydrogen (secondary N) is 1. The van der Waals surface area contributed by atoms with Crippen molar-refractivity contribution in [3.63, 3.8) is 0 Å². The fourth-order valence-corrected chi connectivity index (χ4v) is 3.64. The number of nitrogens with zero attached hydrogens (tertiary/aromatic N) is 4. The van der Waals surface area contributed by atoms with Gasteiger partial charge in [-0.15, -0.1) is 0 Å². The zero-order valence-corrected chi connectivity index (χ0v) is 17.0. The summed E-state index contributed by atoms with van der Waals surface area (Å²) in [4.78, 5) is 25.9. The molecule has 1 aliphatic rings. The second-order valence-electron chi connectivity index (χ2n) is 7.65. The van der Waals surface area contributed by atoms with Crippen LogP contribution in [0.1, 0.15) is 30.5 Å². The van der Waals surface area contributed by atoms with Crippen LogP contribution in [-0.2, 0) is 11.3 Å². The third-order valence-electron chi connectivity index (χ3n) is 5.17. The van der Waals surface area contributed by atoms with Gasteiger partial charge in [0.25, 0.3) is 0 Å². The molecule has 0 saturated carbocycles. The van der Waals surface area contributed by atoms with Gasteiger partial charge in [-0.2, -0.15) is 0 Å². The zero-order chi connectivity index (χ0) is 19.8. The van der Waals surface area contributed by atoms with Crippen molar-refractivity contribution in [2.75, 3.05) is 38.1 Å². The largest absolute Gasteiger partial charge is 0.356 e. The number of benzene rings is 1. The third kappa shape index (κ3) is 6.02. The molecule has 1 saturated heterocycles. The van der Waals surface area contributed by atoms with E-state index in [-0.39, 0.29) is 11.8 Å². The summed E-state index contributed by atoms with van der Waals surface area (Å²) in [5, 5.41) is 3.12. The first-order valence-corrected chi connectivity index (χ1v) is 10.2. The Morgan fingerprint density at radius 2 is 2.11 bits per heavy atom. The third-order valence-corrected chi connectivity index (χ3v) is 5.17. The van der Waals surface area contributed by atoms with Gasteiger partial charge >= 0.3 is 0 Å². The van der Waals surface area contributed by atoms with Crippen molar-refractivity contribution in [1.82, 2.24) is 20.2 Å². The fourth-order valence-electron chi connectivity index (χ4n) is 3.64. The monoisotopic (exact) mass is 381 g/mol. The number of aromatic nitrogens is 2. The van der Waals surface area contributed by atoms with Crippen molar-refractivity contribution in [1.29, 1.82) is 0 Å². The van der Waals surface area contributed by atoms with Gasteiger partial charge < -0.3 is 15.1 Å². The Hall–Kier alpha value is -2.47. The molecule has 0 radical (unpaired) electrons. The van der Waals surface area contributed by atoms with Gasteiger partial charge in [0.2, 0.25) is 11.9 Å². The minimum absolute atomic E-state index is 0.0138. The van der Waals surface area contributed by atoms with E-state index in [1.54, 1.807) is 6.20 Å². The van der Waals surface area contributed by atoms with E-state index in [1.165, 1.54) is 5.56 Å². The van der Waals surface area contributed by atoms with Gasteiger partial charge in [0.05, 0.1) is 5.92 Å². The van der Waals surface area contributed by atoms with Crippen molar-refractivity contribution in [2.45, 2.75) is 32.7 Å². The van der Waals surface area contributed by atoms with Crippen LogP contribution >= 0.6 is 0 Å². The maximum atomic E-state index is 12.6.